The summed E-state index contributed by atoms with van der Waals surface area (Å²) in [6.45, 7) is 8.60. The fourth-order valence-electron chi connectivity index (χ4n) is 2.80. The first-order valence-corrected chi connectivity index (χ1v) is 7.41. The normalized spacial score (nSPS) is 19.4. The lowest BCUT2D eigenvalue weighted by molar-refractivity contribution is 0.0948. The van der Waals surface area contributed by atoms with Gasteiger partial charge in [-0.25, -0.2) is 0 Å². The molecule has 4 heteroatoms. The van der Waals surface area contributed by atoms with Crippen molar-refractivity contribution in [2.75, 3.05) is 31.9 Å². The molecule has 1 atom stereocenters. The fraction of sp³-hybridized carbons (Fsp3) is 0.562. The summed E-state index contributed by atoms with van der Waals surface area (Å²) in [6, 6.07) is 7.21. The Bertz CT molecular complexity index is 459. The van der Waals surface area contributed by atoms with Crippen LogP contribution in [0.5, 0.6) is 0 Å². The van der Waals surface area contributed by atoms with Crippen molar-refractivity contribution in [2.45, 2.75) is 20.3 Å². The predicted octanol–water partition coefficient (Wildman–Crippen LogP) is 1.98. The number of hydrogen-bond donors (Lipinski definition) is 2. The first kappa shape index (κ1) is 14.9. The predicted molar refractivity (Wildman–Crippen MR) is 82.6 cm³/mol. The van der Waals surface area contributed by atoms with E-state index in [1.807, 2.05) is 12.1 Å². The van der Waals surface area contributed by atoms with Crippen molar-refractivity contribution in [1.29, 1.82) is 0 Å². The summed E-state index contributed by atoms with van der Waals surface area (Å²) in [7, 11) is 0. The number of nitrogens with zero attached hydrogens (tertiary/aromatic N) is 1. The van der Waals surface area contributed by atoms with Gasteiger partial charge in [-0.2, -0.15) is 0 Å². The molecule has 1 saturated heterocycles. The Labute approximate surface area is 121 Å². The molecule has 2 rings (SSSR count). The Morgan fingerprint density at radius 3 is 2.90 bits per heavy atom. The number of para-hydroxylation sites is 1. The largest absolute Gasteiger partial charge is 0.398 e. The number of rotatable bonds is 5. The molecule has 4 nitrogen and oxygen atoms in total. The number of nitrogens with two attached hydrogens (primary N) is 1. The van der Waals surface area contributed by atoms with Gasteiger partial charge in [-0.3, -0.25) is 4.79 Å². The number of nitrogens with one attached hydrogen (secondary N) is 1. The van der Waals surface area contributed by atoms with Crippen LogP contribution in [0.1, 0.15) is 30.6 Å². The molecule has 0 radical (unpaired) electrons. The van der Waals surface area contributed by atoms with Crippen molar-refractivity contribution in [3.05, 3.63) is 29.8 Å². The van der Waals surface area contributed by atoms with E-state index in [1.165, 1.54) is 0 Å². The van der Waals surface area contributed by atoms with Gasteiger partial charge in [-0.15, -0.1) is 0 Å². The van der Waals surface area contributed by atoms with Gasteiger partial charge in [0.25, 0.3) is 5.91 Å². The maximum absolute atomic E-state index is 12.1. The molecule has 20 heavy (non-hydrogen) atoms. The zero-order valence-electron chi connectivity index (χ0n) is 12.4. The van der Waals surface area contributed by atoms with Crippen molar-refractivity contribution in [2.24, 2.45) is 11.8 Å². The topological polar surface area (TPSA) is 58.4 Å². The Morgan fingerprint density at radius 1 is 1.45 bits per heavy atom. The zero-order valence-corrected chi connectivity index (χ0v) is 12.4. The van der Waals surface area contributed by atoms with E-state index in [9.17, 15) is 4.79 Å². The van der Waals surface area contributed by atoms with Crippen LogP contribution in [-0.4, -0.2) is 37.0 Å². The third-order valence-corrected chi connectivity index (χ3v) is 3.75. The summed E-state index contributed by atoms with van der Waals surface area (Å²) in [4.78, 5) is 14.6. The SMILES string of the molecule is CC(C)CN1CCC(CNC(=O)c2ccccc2N)C1. The highest BCUT2D eigenvalue weighted by Gasteiger charge is 2.23. The quantitative estimate of drug-likeness (QED) is 0.808. The van der Waals surface area contributed by atoms with E-state index < -0.39 is 0 Å². The zero-order chi connectivity index (χ0) is 14.5. The van der Waals surface area contributed by atoms with Crippen LogP contribution in [0, 0.1) is 11.8 Å². The molecule has 1 aromatic carbocycles. The van der Waals surface area contributed by atoms with Crippen LogP contribution in [0.4, 0.5) is 5.69 Å². The fourth-order valence-corrected chi connectivity index (χ4v) is 2.80. The van der Waals surface area contributed by atoms with E-state index in [4.69, 9.17) is 5.73 Å². The standard InChI is InChI=1S/C16H25N3O/c1-12(2)10-19-8-7-13(11-19)9-18-16(20)14-5-3-4-6-15(14)17/h3-6,12-13H,7-11,17H2,1-2H3,(H,18,20). The maximum atomic E-state index is 12.1. The second-order valence-corrected chi connectivity index (χ2v) is 6.11. The van der Waals surface area contributed by atoms with Crippen LogP contribution < -0.4 is 11.1 Å². The lowest BCUT2D eigenvalue weighted by atomic mass is 10.1. The minimum atomic E-state index is -0.0644. The highest BCUT2D eigenvalue weighted by molar-refractivity contribution is 5.99. The summed E-state index contributed by atoms with van der Waals surface area (Å²) in [6.07, 6.45) is 1.16. The van der Waals surface area contributed by atoms with E-state index in [0.29, 0.717) is 23.1 Å². The van der Waals surface area contributed by atoms with Crippen LogP contribution in [0.2, 0.25) is 0 Å². The average Bonchev–Trinajstić information content (AvgIpc) is 2.83. The summed E-state index contributed by atoms with van der Waals surface area (Å²) >= 11 is 0. The molecule has 1 aliphatic heterocycles. The van der Waals surface area contributed by atoms with E-state index in [0.717, 1.165) is 32.6 Å². The molecule has 1 amide bonds. The molecule has 1 unspecified atom stereocenters. The first-order valence-electron chi connectivity index (χ1n) is 7.41. The maximum Gasteiger partial charge on any atom is 0.253 e. The van der Waals surface area contributed by atoms with Gasteiger partial charge in [0.15, 0.2) is 0 Å². The molecule has 0 aliphatic carbocycles. The van der Waals surface area contributed by atoms with Crippen LogP contribution in [-0.2, 0) is 0 Å². The molecule has 1 fully saturated rings. The Morgan fingerprint density at radius 2 is 2.20 bits per heavy atom. The lowest BCUT2D eigenvalue weighted by Crippen LogP contribution is -2.32. The van der Waals surface area contributed by atoms with Crippen molar-refractivity contribution >= 4 is 11.6 Å². The number of anilines is 1. The van der Waals surface area contributed by atoms with Gasteiger partial charge >= 0.3 is 0 Å². The molecule has 110 valence electrons. The Hall–Kier alpha value is -1.55. The van der Waals surface area contributed by atoms with Crippen molar-refractivity contribution in [3.63, 3.8) is 0 Å². The summed E-state index contributed by atoms with van der Waals surface area (Å²) in [5, 5.41) is 3.01. The summed E-state index contributed by atoms with van der Waals surface area (Å²) in [5.74, 6) is 1.19. The Kier molecular flexibility index (Phi) is 5.01. The number of hydrogen-bond acceptors (Lipinski definition) is 3. The van der Waals surface area contributed by atoms with E-state index in [2.05, 4.69) is 24.1 Å². The van der Waals surface area contributed by atoms with Crippen molar-refractivity contribution in [3.8, 4) is 0 Å². The first-order chi connectivity index (χ1) is 9.56. The third kappa shape index (κ3) is 3.97. The number of carbonyl (C=O) groups excluding carboxylic acids is 1. The highest BCUT2D eigenvalue weighted by Crippen LogP contribution is 2.17. The van der Waals surface area contributed by atoms with E-state index >= 15 is 0 Å². The van der Waals surface area contributed by atoms with E-state index in [-0.39, 0.29) is 5.91 Å². The van der Waals surface area contributed by atoms with Crippen LogP contribution >= 0.6 is 0 Å². The second kappa shape index (κ2) is 6.75. The number of likely N-dealkylation sites (tertiary alicyclic amines) is 1. The van der Waals surface area contributed by atoms with Crippen molar-refractivity contribution < 1.29 is 4.79 Å². The summed E-state index contributed by atoms with van der Waals surface area (Å²) < 4.78 is 0. The van der Waals surface area contributed by atoms with Gasteiger partial charge in [0.2, 0.25) is 0 Å². The number of amides is 1. The molecular formula is C16H25N3O. The minimum Gasteiger partial charge on any atom is -0.398 e. The molecule has 1 heterocycles. The molecule has 0 spiro atoms. The van der Waals surface area contributed by atoms with Gasteiger partial charge in [-0.05, 0) is 36.9 Å². The molecule has 3 N–H and O–H groups in total. The highest BCUT2D eigenvalue weighted by atomic mass is 16.1. The van der Waals surface area contributed by atoms with Gasteiger partial charge in [0.05, 0.1) is 5.56 Å². The molecule has 0 saturated carbocycles. The van der Waals surface area contributed by atoms with E-state index in [1.54, 1.807) is 12.1 Å². The monoisotopic (exact) mass is 275 g/mol. The van der Waals surface area contributed by atoms with Gasteiger partial charge in [-0.1, -0.05) is 26.0 Å². The van der Waals surface area contributed by atoms with Gasteiger partial charge < -0.3 is 16.0 Å². The number of benzene rings is 1. The second-order valence-electron chi connectivity index (χ2n) is 6.11. The molecule has 0 bridgehead atoms. The van der Waals surface area contributed by atoms with Crippen LogP contribution in [0.25, 0.3) is 0 Å². The van der Waals surface area contributed by atoms with Gasteiger partial charge in [0, 0.05) is 25.3 Å². The van der Waals surface area contributed by atoms with Crippen molar-refractivity contribution in [1.82, 2.24) is 10.2 Å². The summed E-state index contributed by atoms with van der Waals surface area (Å²) in [5.41, 5.74) is 6.93. The lowest BCUT2D eigenvalue weighted by Gasteiger charge is -2.18. The third-order valence-electron chi connectivity index (χ3n) is 3.75. The molecule has 1 aliphatic rings. The van der Waals surface area contributed by atoms with Crippen LogP contribution in [0.15, 0.2) is 24.3 Å². The molecule has 0 aromatic heterocycles. The van der Waals surface area contributed by atoms with Gasteiger partial charge in [0.1, 0.15) is 0 Å². The number of nitrogen functional groups attached to an aromatic ring is 1. The Balaban J connectivity index is 1.79. The van der Waals surface area contributed by atoms with Crippen LogP contribution in [0.3, 0.4) is 0 Å². The molecular weight excluding hydrogens is 250 g/mol. The average molecular weight is 275 g/mol. The number of carbonyl (C=O) groups is 1. The molecule has 1 aromatic rings. The smallest absolute Gasteiger partial charge is 0.253 e. The minimum absolute atomic E-state index is 0.0644.